The molecule has 0 amide bonds. The first-order valence-corrected chi connectivity index (χ1v) is 10.2. The van der Waals surface area contributed by atoms with Gasteiger partial charge in [-0.2, -0.15) is 0 Å². The summed E-state index contributed by atoms with van der Waals surface area (Å²) in [4.78, 5) is 0. The maximum Gasteiger partial charge on any atom is 0.0545 e. The van der Waals surface area contributed by atoms with Crippen LogP contribution < -0.4 is 0 Å². The molecule has 4 saturated carbocycles. The summed E-state index contributed by atoms with van der Waals surface area (Å²) in [5.41, 5.74) is 0.860. The van der Waals surface area contributed by atoms with Crippen LogP contribution >= 0.6 is 0 Å². The van der Waals surface area contributed by atoms with E-state index in [1.165, 1.54) is 44.9 Å². The zero-order chi connectivity index (χ0) is 16.4. The lowest BCUT2D eigenvalue weighted by atomic mass is 9.44. The minimum absolute atomic E-state index is 0.0374. The van der Waals surface area contributed by atoms with Crippen molar-refractivity contribution in [2.24, 2.45) is 40.4 Å². The fourth-order valence-electron chi connectivity index (χ4n) is 8.07. The Morgan fingerprint density at radius 3 is 2.30 bits per heavy atom. The molecule has 4 aliphatic rings. The van der Waals surface area contributed by atoms with E-state index in [0.717, 1.165) is 36.5 Å². The van der Waals surface area contributed by atoms with Crippen molar-refractivity contribution in [2.45, 2.75) is 90.8 Å². The average Bonchev–Trinajstić information content (AvgIpc) is 2.85. The number of fused-ring (bicyclic) bond motifs is 5. The summed E-state index contributed by atoms with van der Waals surface area (Å²) in [6.07, 6.45) is 11.1. The molecule has 0 aliphatic heterocycles. The topological polar surface area (TPSA) is 40.5 Å². The highest BCUT2D eigenvalue weighted by atomic mass is 16.3. The molecule has 9 atom stereocenters. The second kappa shape index (κ2) is 5.46. The number of hydrogen-bond donors (Lipinski definition) is 2. The molecule has 2 heteroatoms. The van der Waals surface area contributed by atoms with E-state index in [1.54, 1.807) is 0 Å². The van der Waals surface area contributed by atoms with Crippen molar-refractivity contribution in [2.75, 3.05) is 0 Å². The van der Waals surface area contributed by atoms with Gasteiger partial charge in [0.05, 0.1) is 12.2 Å². The summed E-state index contributed by atoms with van der Waals surface area (Å²) < 4.78 is 0. The molecule has 0 saturated heterocycles. The highest BCUT2D eigenvalue weighted by Crippen LogP contribution is 2.67. The van der Waals surface area contributed by atoms with Crippen LogP contribution in [0.2, 0.25) is 0 Å². The minimum atomic E-state index is -0.140. The van der Waals surface area contributed by atoms with E-state index in [1.807, 2.05) is 6.92 Å². The number of aliphatic hydroxyl groups is 2. The maximum absolute atomic E-state index is 10.3. The lowest BCUT2D eigenvalue weighted by Gasteiger charge is -2.61. The molecule has 0 heterocycles. The van der Waals surface area contributed by atoms with E-state index in [9.17, 15) is 10.2 Å². The Morgan fingerprint density at radius 2 is 1.57 bits per heavy atom. The van der Waals surface area contributed by atoms with E-state index in [-0.39, 0.29) is 12.2 Å². The van der Waals surface area contributed by atoms with Gasteiger partial charge in [0.1, 0.15) is 0 Å². The van der Waals surface area contributed by atoms with Crippen LogP contribution in [0.15, 0.2) is 0 Å². The molecular formula is C21H36O2. The van der Waals surface area contributed by atoms with Crippen LogP contribution in [0.1, 0.15) is 78.6 Å². The molecule has 0 aromatic rings. The Hall–Kier alpha value is -0.0800. The highest BCUT2D eigenvalue weighted by molar-refractivity contribution is 5.09. The Bertz CT molecular complexity index is 461. The van der Waals surface area contributed by atoms with E-state index in [0.29, 0.717) is 16.7 Å². The van der Waals surface area contributed by atoms with E-state index in [4.69, 9.17) is 0 Å². The van der Waals surface area contributed by atoms with Crippen molar-refractivity contribution >= 4 is 0 Å². The summed E-state index contributed by atoms with van der Waals surface area (Å²) in [7, 11) is 0. The van der Waals surface area contributed by atoms with Crippen molar-refractivity contribution in [3.8, 4) is 0 Å². The molecule has 4 aliphatic carbocycles. The largest absolute Gasteiger partial charge is 0.393 e. The van der Waals surface area contributed by atoms with Gasteiger partial charge in [-0.1, -0.05) is 13.8 Å². The summed E-state index contributed by atoms with van der Waals surface area (Å²) >= 11 is 0. The van der Waals surface area contributed by atoms with Gasteiger partial charge in [0.25, 0.3) is 0 Å². The van der Waals surface area contributed by atoms with Gasteiger partial charge in [0.2, 0.25) is 0 Å². The maximum atomic E-state index is 10.3. The van der Waals surface area contributed by atoms with E-state index >= 15 is 0 Å². The van der Waals surface area contributed by atoms with Gasteiger partial charge in [-0.15, -0.1) is 0 Å². The summed E-state index contributed by atoms with van der Waals surface area (Å²) in [6.45, 7) is 7.08. The Balaban J connectivity index is 1.60. The molecule has 4 fully saturated rings. The number of hydrogen-bond acceptors (Lipinski definition) is 2. The summed E-state index contributed by atoms with van der Waals surface area (Å²) in [6, 6.07) is 0. The Morgan fingerprint density at radius 1 is 0.870 bits per heavy atom. The van der Waals surface area contributed by atoms with Crippen LogP contribution in [0.4, 0.5) is 0 Å². The van der Waals surface area contributed by atoms with Crippen LogP contribution in [-0.2, 0) is 0 Å². The van der Waals surface area contributed by atoms with Gasteiger partial charge in [-0.3, -0.25) is 0 Å². The van der Waals surface area contributed by atoms with Crippen molar-refractivity contribution < 1.29 is 10.2 Å². The van der Waals surface area contributed by atoms with Gasteiger partial charge >= 0.3 is 0 Å². The third-order valence-corrected chi connectivity index (χ3v) is 9.29. The van der Waals surface area contributed by atoms with Crippen LogP contribution in [-0.4, -0.2) is 22.4 Å². The summed E-state index contributed by atoms with van der Waals surface area (Å²) in [5.74, 6) is 3.87. The van der Waals surface area contributed by atoms with Crippen molar-refractivity contribution in [1.29, 1.82) is 0 Å². The second-order valence-corrected chi connectivity index (χ2v) is 10.1. The van der Waals surface area contributed by atoms with E-state index < -0.39 is 0 Å². The lowest BCUT2D eigenvalue weighted by molar-refractivity contribution is -0.132. The van der Waals surface area contributed by atoms with Crippen LogP contribution in [0.5, 0.6) is 0 Å². The molecule has 23 heavy (non-hydrogen) atoms. The molecule has 0 bridgehead atoms. The first-order chi connectivity index (χ1) is 10.9. The van der Waals surface area contributed by atoms with Crippen molar-refractivity contribution in [1.82, 2.24) is 0 Å². The van der Waals surface area contributed by atoms with E-state index in [2.05, 4.69) is 13.8 Å². The van der Waals surface area contributed by atoms with Crippen molar-refractivity contribution in [3.05, 3.63) is 0 Å². The zero-order valence-corrected chi connectivity index (χ0v) is 15.3. The average molecular weight is 321 g/mol. The molecule has 2 nitrogen and oxygen atoms in total. The fourth-order valence-corrected chi connectivity index (χ4v) is 8.07. The second-order valence-electron chi connectivity index (χ2n) is 10.1. The molecule has 132 valence electrons. The number of rotatable bonds is 1. The van der Waals surface area contributed by atoms with Crippen LogP contribution in [0.25, 0.3) is 0 Å². The Labute approximate surface area is 142 Å². The lowest BCUT2D eigenvalue weighted by Crippen LogP contribution is -2.54. The van der Waals surface area contributed by atoms with Crippen LogP contribution in [0.3, 0.4) is 0 Å². The molecule has 0 spiro atoms. The van der Waals surface area contributed by atoms with Gasteiger partial charge in [0, 0.05) is 0 Å². The van der Waals surface area contributed by atoms with Crippen LogP contribution in [0, 0.1) is 40.4 Å². The van der Waals surface area contributed by atoms with Gasteiger partial charge < -0.3 is 10.2 Å². The molecule has 2 N–H and O–H groups in total. The molecule has 0 unspecified atom stereocenters. The third kappa shape index (κ3) is 2.27. The van der Waals surface area contributed by atoms with Gasteiger partial charge in [-0.25, -0.2) is 0 Å². The Kier molecular flexibility index (Phi) is 3.89. The predicted octanol–water partition coefficient (Wildman–Crippen LogP) is 4.39. The normalized spacial score (nSPS) is 57.3. The standard InChI is InChI=1S/C21H36O2/c1-13(22)17-6-7-18-16-5-4-14-12-15(23)8-10-20(14,2)19(16)9-11-21(17,18)3/h13-19,22-23H,4-12H2,1-3H3/t13-,14+,15+,16-,17+,18+,19-,20+,21-/m1/s1. The first kappa shape index (κ1) is 16.4. The SMILES string of the molecule is C[C@@H](O)[C@@H]1CC[C@H]2[C@H]3CC[C@H]4C[C@@H](O)CC[C@]4(C)[C@@H]3CC[C@@]21C. The molecule has 0 aromatic heterocycles. The number of aliphatic hydroxyl groups excluding tert-OH is 2. The monoisotopic (exact) mass is 320 g/mol. The molecule has 4 rings (SSSR count). The quantitative estimate of drug-likeness (QED) is 0.752. The predicted molar refractivity (Wildman–Crippen MR) is 92.9 cm³/mol. The van der Waals surface area contributed by atoms with Gasteiger partial charge in [-0.05, 0) is 105 Å². The molecule has 0 aromatic carbocycles. The van der Waals surface area contributed by atoms with Crippen molar-refractivity contribution in [3.63, 3.8) is 0 Å². The molecular weight excluding hydrogens is 284 g/mol. The fraction of sp³-hybridized carbons (Fsp3) is 1.00. The first-order valence-electron chi connectivity index (χ1n) is 10.2. The molecule has 0 radical (unpaired) electrons. The smallest absolute Gasteiger partial charge is 0.0545 e. The highest BCUT2D eigenvalue weighted by Gasteiger charge is 2.60. The van der Waals surface area contributed by atoms with Gasteiger partial charge in [0.15, 0.2) is 0 Å². The third-order valence-electron chi connectivity index (χ3n) is 9.29. The minimum Gasteiger partial charge on any atom is -0.393 e. The summed E-state index contributed by atoms with van der Waals surface area (Å²) in [5, 5.41) is 20.4. The zero-order valence-electron chi connectivity index (χ0n) is 15.3.